The minimum atomic E-state index is -0.00209. The summed E-state index contributed by atoms with van der Waals surface area (Å²) in [6.07, 6.45) is 8.24. The highest BCUT2D eigenvalue weighted by Crippen LogP contribution is 2.45. The molecule has 0 spiro atoms. The van der Waals surface area contributed by atoms with E-state index in [1.165, 1.54) is 18.4 Å². The number of aromatic amines is 1. The van der Waals surface area contributed by atoms with Crippen LogP contribution >= 0.6 is 11.8 Å². The van der Waals surface area contributed by atoms with Crippen LogP contribution in [0.15, 0.2) is 40.4 Å². The largest absolute Gasteiger partial charge is 0.357 e. The van der Waals surface area contributed by atoms with Gasteiger partial charge in [0, 0.05) is 30.4 Å². The predicted octanol–water partition coefficient (Wildman–Crippen LogP) is 3.53. The highest BCUT2D eigenvalue weighted by molar-refractivity contribution is 7.98. The van der Waals surface area contributed by atoms with Crippen molar-refractivity contribution in [3.63, 3.8) is 0 Å². The van der Waals surface area contributed by atoms with Crippen molar-refractivity contribution in [2.45, 2.75) is 23.8 Å². The van der Waals surface area contributed by atoms with Gasteiger partial charge in [0.2, 0.25) is 0 Å². The fourth-order valence-electron chi connectivity index (χ4n) is 2.96. The van der Waals surface area contributed by atoms with Crippen LogP contribution in [0.5, 0.6) is 0 Å². The zero-order valence-electron chi connectivity index (χ0n) is 12.6. The van der Waals surface area contributed by atoms with Crippen molar-refractivity contribution in [1.82, 2.24) is 14.5 Å². The molecule has 4 nitrogen and oxygen atoms in total. The fourth-order valence-corrected chi connectivity index (χ4v) is 3.35. The molecule has 4 rings (SSSR count). The van der Waals surface area contributed by atoms with Gasteiger partial charge in [-0.1, -0.05) is 6.07 Å². The number of thioether (sulfide) groups is 1. The van der Waals surface area contributed by atoms with Crippen LogP contribution in [0.4, 0.5) is 0 Å². The van der Waals surface area contributed by atoms with E-state index in [1.807, 2.05) is 24.7 Å². The molecule has 1 aliphatic carbocycles. The number of fused-ring (bicyclic) bond motifs is 1. The summed E-state index contributed by atoms with van der Waals surface area (Å²) >= 11 is 1.65. The van der Waals surface area contributed by atoms with E-state index in [9.17, 15) is 4.79 Å². The van der Waals surface area contributed by atoms with Gasteiger partial charge in [0.1, 0.15) is 5.52 Å². The summed E-state index contributed by atoms with van der Waals surface area (Å²) in [6, 6.07) is 6.27. The molecule has 0 amide bonds. The van der Waals surface area contributed by atoms with E-state index in [-0.39, 0.29) is 5.56 Å². The van der Waals surface area contributed by atoms with Gasteiger partial charge in [0.05, 0.1) is 10.7 Å². The second-order valence-corrected chi connectivity index (χ2v) is 6.62. The van der Waals surface area contributed by atoms with Gasteiger partial charge in [-0.25, -0.2) is 4.98 Å². The molecule has 0 bridgehead atoms. The van der Waals surface area contributed by atoms with Gasteiger partial charge in [-0.3, -0.25) is 4.79 Å². The molecule has 1 saturated carbocycles. The molecule has 3 aromatic heterocycles. The van der Waals surface area contributed by atoms with E-state index in [2.05, 4.69) is 17.1 Å². The van der Waals surface area contributed by atoms with Crippen molar-refractivity contribution in [2.24, 2.45) is 7.05 Å². The van der Waals surface area contributed by atoms with E-state index in [0.717, 1.165) is 21.7 Å². The average molecular weight is 311 g/mol. The SMILES string of the molecule is CSc1ccc(C2CC2)c(-c2cn(C)c(=O)c3[nH]ccc23)n1. The average Bonchev–Trinajstić information content (AvgIpc) is 3.26. The molecule has 0 radical (unpaired) electrons. The summed E-state index contributed by atoms with van der Waals surface area (Å²) in [5.74, 6) is 0.615. The first-order chi connectivity index (χ1) is 10.7. The second-order valence-electron chi connectivity index (χ2n) is 5.79. The summed E-state index contributed by atoms with van der Waals surface area (Å²) in [6.45, 7) is 0. The number of hydrogen-bond donors (Lipinski definition) is 1. The number of pyridine rings is 2. The van der Waals surface area contributed by atoms with Crippen molar-refractivity contribution in [3.8, 4) is 11.3 Å². The van der Waals surface area contributed by atoms with Gasteiger partial charge in [-0.05, 0) is 42.7 Å². The van der Waals surface area contributed by atoms with Gasteiger partial charge in [0.25, 0.3) is 5.56 Å². The molecule has 3 heterocycles. The van der Waals surface area contributed by atoms with E-state index >= 15 is 0 Å². The Kier molecular flexibility index (Phi) is 3.11. The maximum absolute atomic E-state index is 12.2. The van der Waals surface area contributed by atoms with Gasteiger partial charge in [-0.15, -0.1) is 11.8 Å². The lowest BCUT2D eigenvalue weighted by atomic mass is 10.0. The number of nitrogens with zero attached hydrogens (tertiary/aromatic N) is 2. The molecule has 22 heavy (non-hydrogen) atoms. The van der Waals surface area contributed by atoms with Crippen molar-refractivity contribution in [2.75, 3.05) is 6.26 Å². The van der Waals surface area contributed by atoms with E-state index < -0.39 is 0 Å². The van der Waals surface area contributed by atoms with Crippen LogP contribution in [0.25, 0.3) is 22.2 Å². The van der Waals surface area contributed by atoms with E-state index in [4.69, 9.17) is 4.98 Å². The Morgan fingerprint density at radius 2 is 2.14 bits per heavy atom. The number of aromatic nitrogens is 3. The Balaban J connectivity index is 2.04. The van der Waals surface area contributed by atoms with Crippen LogP contribution in [-0.2, 0) is 7.05 Å². The third-order valence-electron chi connectivity index (χ3n) is 4.28. The second kappa shape index (κ2) is 5.02. The monoisotopic (exact) mass is 311 g/mol. The summed E-state index contributed by atoms with van der Waals surface area (Å²) in [5, 5.41) is 1.97. The smallest absolute Gasteiger partial charge is 0.274 e. The number of aryl methyl sites for hydroxylation is 1. The van der Waals surface area contributed by atoms with E-state index in [0.29, 0.717) is 11.4 Å². The van der Waals surface area contributed by atoms with Crippen LogP contribution < -0.4 is 5.56 Å². The molecule has 0 saturated heterocycles. The molecule has 5 heteroatoms. The number of H-pyrrole nitrogens is 1. The Morgan fingerprint density at radius 1 is 1.32 bits per heavy atom. The molecule has 0 aliphatic heterocycles. The highest BCUT2D eigenvalue weighted by atomic mass is 32.2. The lowest BCUT2D eigenvalue weighted by molar-refractivity contribution is 0.870. The predicted molar refractivity (Wildman–Crippen MR) is 90.5 cm³/mol. The highest BCUT2D eigenvalue weighted by Gasteiger charge is 2.28. The maximum Gasteiger partial charge on any atom is 0.274 e. The van der Waals surface area contributed by atoms with Gasteiger partial charge in [-0.2, -0.15) is 0 Å². The van der Waals surface area contributed by atoms with Crippen molar-refractivity contribution in [3.05, 3.63) is 46.5 Å². The molecule has 112 valence electrons. The van der Waals surface area contributed by atoms with Crippen molar-refractivity contribution in [1.29, 1.82) is 0 Å². The van der Waals surface area contributed by atoms with Crippen molar-refractivity contribution < 1.29 is 0 Å². The molecule has 1 N–H and O–H groups in total. The first kappa shape index (κ1) is 13.6. The number of hydrogen-bond acceptors (Lipinski definition) is 3. The minimum absolute atomic E-state index is 0.00209. The zero-order valence-corrected chi connectivity index (χ0v) is 13.4. The minimum Gasteiger partial charge on any atom is -0.357 e. The first-order valence-corrected chi connectivity index (χ1v) is 8.63. The standard InChI is InChI=1S/C17H17N3OS/c1-20-9-13(12-7-8-18-16(12)17(20)21)15-11(10-3-4-10)5-6-14(19-15)22-2/h5-10,18H,3-4H2,1-2H3. The molecule has 0 aromatic carbocycles. The van der Waals surface area contributed by atoms with Crippen LogP contribution in [0.1, 0.15) is 24.3 Å². The summed E-state index contributed by atoms with van der Waals surface area (Å²) in [7, 11) is 1.79. The molecular formula is C17H17N3OS. The maximum atomic E-state index is 12.2. The zero-order chi connectivity index (χ0) is 15.3. The summed E-state index contributed by atoms with van der Waals surface area (Å²) in [5.41, 5.74) is 4.01. The van der Waals surface area contributed by atoms with Gasteiger partial charge >= 0.3 is 0 Å². The Bertz CT molecular complexity index is 921. The van der Waals surface area contributed by atoms with Crippen LogP contribution in [0, 0.1) is 0 Å². The number of rotatable bonds is 3. The Hall–Kier alpha value is -2.01. The van der Waals surface area contributed by atoms with Gasteiger partial charge in [0.15, 0.2) is 0 Å². The van der Waals surface area contributed by atoms with Crippen LogP contribution in [0.2, 0.25) is 0 Å². The molecule has 3 aromatic rings. The fraction of sp³-hybridized carbons (Fsp3) is 0.294. The normalized spacial score (nSPS) is 14.6. The quantitative estimate of drug-likeness (QED) is 0.753. The van der Waals surface area contributed by atoms with Crippen molar-refractivity contribution >= 4 is 22.7 Å². The van der Waals surface area contributed by atoms with Crippen LogP contribution in [-0.4, -0.2) is 20.8 Å². The topological polar surface area (TPSA) is 50.7 Å². The lowest BCUT2D eigenvalue weighted by Crippen LogP contribution is -2.16. The third-order valence-corrected chi connectivity index (χ3v) is 4.92. The lowest BCUT2D eigenvalue weighted by Gasteiger charge is -2.12. The third kappa shape index (κ3) is 2.08. The molecule has 1 aliphatic rings. The van der Waals surface area contributed by atoms with E-state index in [1.54, 1.807) is 23.4 Å². The number of nitrogens with one attached hydrogen (secondary N) is 1. The first-order valence-electron chi connectivity index (χ1n) is 7.41. The summed E-state index contributed by atoms with van der Waals surface area (Å²) < 4.78 is 1.64. The Morgan fingerprint density at radius 3 is 2.86 bits per heavy atom. The summed E-state index contributed by atoms with van der Waals surface area (Å²) in [4.78, 5) is 20.2. The Labute approximate surface area is 132 Å². The molecule has 0 unspecified atom stereocenters. The molecule has 0 atom stereocenters. The molecule has 1 fully saturated rings. The molecular weight excluding hydrogens is 294 g/mol. The van der Waals surface area contributed by atoms with Crippen LogP contribution in [0.3, 0.4) is 0 Å². The van der Waals surface area contributed by atoms with Gasteiger partial charge < -0.3 is 9.55 Å².